The molecule has 1 fully saturated rings. The number of nitrogens with zero attached hydrogens (tertiary/aromatic N) is 3. The maximum Gasteiger partial charge on any atom is 0.338 e. The summed E-state index contributed by atoms with van der Waals surface area (Å²) in [4.78, 5) is 44.6. The van der Waals surface area contributed by atoms with Crippen LogP contribution in [0, 0.1) is 0 Å². The maximum atomic E-state index is 13.3. The van der Waals surface area contributed by atoms with Crippen LogP contribution in [0.25, 0.3) is 0 Å². The van der Waals surface area contributed by atoms with E-state index in [0.717, 1.165) is 0 Å². The molecule has 11 heteroatoms. The number of hydrogen-bond donors (Lipinski definition) is 2. The van der Waals surface area contributed by atoms with Crippen molar-refractivity contribution in [2.45, 2.75) is 45.8 Å². The lowest BCUT2D eigenvalue weighted by molar-refractivity contribution is -0.139. The minimum absolute atomic E-state index is 0.0415. The van der Waals surface area contributed by atoms with Gasteiger partial charge in [-0.2, -0.15) is 0 Å². The van der Waals surface area contributed by atoms with Gasteiger partial charge in [0.15, 0.2) is 0 Å². The van der Waals surface area contributed by atoms with Gasteiger partial charge >= 0.3 is 18.0 Å². The van der Waals surface area contributed by atoms with Crippen LogP contribution in [0.1, 0.15) is 39.3 Å². The number of halogens is 2. The summed E-state index contributed by atoms with van der Waals surface area (Å²) in [5.41, 5.74) is 1.37. The SMILES string of the molecule is C=CCN1C(=O)N[C@H](c2ccc(Cl)cc2Cl)C(C(=O)OCC)=C1CN1CCN(C(=O)NC(C)C)[C@H](C)C1. The molecule has 0 saturated carbocycles. The molecule has 37 heavy (non-hydrogen) atoms. The lowest BCUT2D eigenvalue weighted by Gasteiger charge is -2.43. The summed E-state index contributed by atoms with van der Waals surface area (Å²) < 4.78 is 5.43. The van der Waals surface area contributed by atoms with E-state index in [1.165, 1.54) is 4.90 Å². The highest BCUT2D eigenvalue weighted by Crippen LogP contribution is 2.36. The largest absolute Gasteiger partial charge is 0.463 e. The smallest absolute Gasteiger partial charge is 0.338 e. The Bertz CT molecular complexity index is 1080. The quantitative estimate of drug-likeness (QED) is 0.373. The van der Waals surface area contributed by atoms with E-state index in [0.29, 0.717) is 53.1 Å². The minimum atomic E-state index is -0.817. The van der Waals surface area contributed by atoms with E-state index in [9.17, 15) is 14.4 Å². The van der Waals surface area contributed by atoms with Gasteiger partial charge in [0.25, 0.3) is 0 Å². The molecular weight excluding hydrogens is 517 g/mol. The van der Waals surface area contributed by atoms with E-state index >= 15 is 0 Å². The van der Waals surface area contributed by atoms with Crippen LogP contribution >= 0.6 is 23.2 Å². The first-order valence-electron chi connectivity index (χ1n) is 12.4. The Morgan fingerprint density at radius 2 is 2.03 bits per heavy atom. The fraction of sp³-hybridized carbons (Fsp3) is 0.500. The first-order chi connectivity index (χ1) is 17.6. The highest BCUT2D eigenvalue weighted by molar-refractivity contribution is 6.35. The van der Waals surface area contributed by atoms with Gasteiger partial charge in [-0.15, -0.1) is 6.58 Å². The van der Waals surface area contributed by atoms with E-state index in [2.05, 4.69) is 22.1 Å². The predicted octanol–water partition coefficient (Wildman–Crippen LogP) is 4.19. The second kappa shape index (κ2) is 12.7. The van der Waals surface area contributed by atoms with Crippen molar-refractivity contribution in [3.05, 3.63) is 57.7 Å². The number of carbonyl (C=O) groups is 3. The van der Waals surface area contributed by atoms with Gasteiger partial charge in [-0.05, 0) is 45.4 Å². The Kier molecular flexibility index (Phi) is 9.87. The van der Waals surface area contributed by atoms with Gasteiger partial charge < -0.3 is 20.3 Å². The van der Waals surface area contributed by atoms with Gasteiger partial charge in [0.2, 0.25) is 0 Å². The van der Waals surface area contributed by atoms with Crippen LogP contribution in [0.4, 0.5) is 9.59 Å². The van der Waals surface area contributed by atoms with Gasteiger partial charge in [-0.25, -0.2) is 14.4 Å². The Balaban J connectivity index is 2.00. The monoisotopic (exact) mass is 551 g/mol. The van der Waals surface area contributed by atoms with Crippen molar-refractivity contribution in [2.75, 3.05) is 39.3 Å². The van der Waals surface area contributed by atoms with Crippen LogP contribution < -0.4 is 10.6 Å². The molecule has 1 saturated heterocycles. The molecule has 2 heterocycles. The average molecular weight is 553 g/mol. The van der Waals surface area contributed by atoms with E-state index in [1.54, 1.807) is 31.2 Å². The number of benzene rings is 1. The Morgan fingerprint density at radius 3 is 2.62 bits per heavy atom. The van der Waals surface area contributed by atoms with Gasteiger partial charge in [-0.1, -0.05) is 35.3 Å². The molecule has 0 spiro atoms. The number of nitrogens with one attached hydrogen (secondary N) is 2. The van der Waals surface area contributed by atoms with Gasteiger partial charge in [0.1, 0.15) is 0 Å². The molecule has 0 bridgehead atoms. The summed E-state index contributed by atoms with van der Waals surface area (Å²) in [6, 6.07) is 3.62. The molecule has 0 aromatic heterocycles. The van der Waals surface area contributed by atoms with Crippen LogP contribution in [0.15, 0.2) is 42.1 Å². The summed E-state index contributed by atoms with van der Waals surface area (Å²) in [5.74, 6) is -0.537. The van der Waals surface area contributed by atoms with Gasteiger partial charge in [0.05, 0.1) is 18.2 Å². The van der Waals surface area contributed by atoms with Gasteiger partial charge in [0, 0.05) is 60.5 Å². The van der Waals surface area contributed by atoms with E-state index in [1.807, 2.05) is 25.7 Å². The summed E-state index contributed by atoms with van der Waals surface area (Å²) in [6.45, 7) is 13.7. The summed E-state index contributed by atoms with van der Waals surface area (Å²) >= 11 is 12.6. The molecule has 1 aromatic carbocycles. The van der Waals surface area contributed by atoms with Crippen molar-refractivity contribution >= 4 is 41.2 Å². The molecule has 3 rings (SSSR count). The zero-order chi connectivity index (χ0) is 27.3. The Hall–Kier alpha value is -2.75. The van der Waals surface area contributed by atoms with Crippen LogP contribution in [-0.2, 0) is 9.53 Å². The predicted molar refractivity (Wildman–Crippen MR) is 145 cm³/mol. The zero-order valence-corrected chi connectivity index (χ0v) is 23.2. The average Bonchev–Trinajstić information content (AvgIpc) is 2.81. The molecule has 202 valence electrons. The number of rotatable bonds is 8. The lowest BCUT2D eigenvalue weighted by atomic mass is 9.93. The van der Waals surface area contributed by atoms with Crippen molar-refractivity contribution in [1.82, 2.24) is 25.3 Å². The molecule has 0 unspecified atom stereocenters. The zero-order valence-electron chi connectivity index (χ0n) is 21.7. The number of ether oxygens (including phenoxy) is 1. The van der Waals surface area contributed by atoms with E-state index < -0.39 is 12.0 Å². The second-order valence-corrected chi connectivity index (χ2v) is 10.3. The number of hydrogen-bond acceptors (Lipinski definition) is 5. The highest BCUT2D eigenvalue weighted by Gasteiger charge is 2.40. The molecule has 2 aliphatic heterocycles. The molecule has 9 nitrogen and oxygen atoms in total. The molecular formula is C26H35Cl2N5O4. The van der Waals surface area contributed by atoms with Crippen molar-refractivity contribution in [1.29, 1.82) is 0 Å². The third-order valence-corrected chi connectivity index (χ3v) is 6.84. The number of urea groups is 2. The van der Waals surface area contributed by atoms with Crippen LogP contribution in [0.3, 0.4) is 0 Å². The van der Waals surface area contributed by atoms with Gasteiger partial charge in [-0.3, -0.25) is 9.80 Å². The Labute approximate surface area is 228 Å². The first-order valence-corrected chi connectivity index (χ1v) is 13.2. The molecule has 0 aliphatic carbocycles. The lowest BCUT2D eigenvalue weighted by Crippen LogP contribution is -2.58. The van der Waals surface area contributed by atoms with Crippen molar-refractivity contribution < 1.29 is 19.1 Å². The first kappa shape index (κ1) is 28.8. The molecule has 2 atom stereocenters. The number of esters is 1. The fourth-order valence-electron chi connectivity index (χ4n) is 4.63. The third kappa shape index (κ3) is 6.77. The standard InChI is InChI=1S/C26H35Cl2N5O4/c1-6-10-33-21(15-31-11-12-32(17(5)14-31)25(35)29-16(3)4)22(24(34)37-7-2)23(30-26(33)36)19-9-8-18(27)13-20(19)28/h6,8-9,13,16-17,23H,1,7,10-12,14-15H2,2-5H3,(H,29,35)(H,30,36)/t17-,23-/m1/s1. The van der Waals surface area contributed by atoms with Crippen LogP contribution in [0.5, 0.6) is 0 Å². The summed E-state index contributed by atoms with van der Waals surface area (Å²) in [6.07, 6.45) is 1.61. The molecule has 1 aromatic rings. The topological polar surface area (TPSA) is 94.2 Å². The van der Waals surface area contributed by atoms with Crippen molar-refractivity contribution in [3.63, 3.8) is 0 Å². The molecule has 0 radical (unpaired) electrons. The van der Waals surface area contributed by atoms with Crippen molar-refractivity contribution in [2.24, 2.45) is 0 Å². The highest BCUT2D eigenvalue weighted by atomic mass is 35.5. The van der Waals surface area contributed by atoms with Crippen molar-refractivity contribution in [3.8, 4) is 0 Å². The molecule has 4 amide bonds. The van der Waals surface area contributed by atoms with E-state index in [4.69, 9.17) is 27.9 Å². The number of piperazine rings is 1. The van der Waals surface area contributed by atoms with Crippen LogP contribution in [-0.4, -0.2) is 84.1 Å². The third-order valence-electron chi connectivity index (χ3n) is 6.28. The normalized spacial score (nSPS) is 20.7. The number of carbonyl (C=O) groups excluding carboxylic acids is 3. The summed E-state index contributed by atoms with van der Waals surface area (Å²) in [7, 11) is 0. The molecule has 2 aliphatic rings. The summed E-state index contributed by atoms with van der Waals surface area (Å²) in [5, 5.41) is 6.62. The minimum Gasteiger partial charge on any atom is -0.463 e. The Morgan fingerprint density at radius 1 is 1.30 bits per heavy atom. The second-order valence-electron chi connectivity index (χ2n) is 9.41. The fourth-order valence-corrected chi connectivity index (χ4v) is 5.15. The maximum absolute atomic E-state index is 13.3. The van der Waals surface area contributed by atoms with Crippen LogP contribution in [0.2, 0.25) is 10.0 Å². The number of amides is 4. The van der Waals surface area contributed by atoms with E-state index in [-0.39, 0.29) is 37.3 Å². The molecule has 2 N–H and O–H groups in total.